The number of methoxy groups -OCH3 is 4. The molecule has 218 valence electrons. The average Bonchev–Trinajstić information content (AvgIpc) is 2.99. The SMILES string of the molecule is CCOC(=O)C=CC(=O)N(Cc1ccc(OC)cc1OC)c1cc(F)c(Cl)cc1C(O)c1cccc(OC)c1OC. The second-order valence-electron chi connectivity index (χ2n) is 8.50. The number of benzene rings is 3. The molecule has 0 aromatic heterocycles. The molecule has 1 N–H and O–H groups in total. The van der Waals surface area contributed by atoms with Crippen LogP contribution in [0.25, 0.3) is 0 Å². The molecule has 0 heterocycles. The maximum Gasteiger partial charge on any atom is 0.330 e. The standard InChI is InChI=1S/C30H31ClFNO8/c1-6-41-28(35)13-12-27(34)33(17-18-10-11-19(37-2)14-26(18)39-4)24-16-23(32)22(31)15-21(24)29(36)20-8-7-9-25(38-3)30(20)40-5/h7-16,29,36H,6,17H2,1-5H3. The van der Waals surface area contributed by atoms with E-state index >= 15 is 0 Å². The molecule has 0 bridgehead atoms. The molecule has 0 fully saturated rings. The van der Waals surface area contributed by atoms with Crippen LogP contribution in [-0.2, 0) is 20.9 Å². The van der Waals surface area contributed by atoms with Crippen LogP contribution in [0.15, 0.2) is 60.7 Å². The van der Waals surface area contributed by atoms with E-state index in [0.717, 1.165) is 18.2 Å². The van der Waals surface area contributed by atoms with Crippen LogP contribution in [0.3, 0.4) is 0 Å². The van der Waals surface area contributed by atoms with Crippen molar-refractivity contribution in [2.24, 2.45) is 0 Å². The lowest BCUT2D eigenvalue weighted by Crippen LogP contribution is -2.31. The zero-order valence-electron chi connectivity index (χ0n) is 23.3. The van der Waals surface area contributed by atoms with E-state index < -0.39 is 23.8 Å². The van der Waals surface area contributed by atoms with Crippen LogP contribution in [-0.4, -0.2) is 52.0 Å². The minimum Gasteiger partial charge on any atom is -0.497 e. The number of aliphatic hydroxyl groups is 1. The largest absolute Gasteiger partial charge is 0.497 e. The van der Waals surface area contributed by atoms with Crippen molar-refractivity contribution < 1.29 is 42.8 Å². The first-order valence-corrected chi connectivity index (χ1v) is 12.8. The Balaban J connectivity index is 2.22. The van der Waals surface area contributed by atoms with E-state index in [9.17, 15) is 19.1 Å². The van der Waals surface area contributed by atoms with Crippen LogP contribution in [0.5, 0.6) is 23.0 Å². The van der Waals surface area contributed by atoms with Gasteiger partial charge in [0, 0.05) is 34.9 Å². The molecule has 1 unspecified atom stereocenters. The number of hydrogen-bond donors (Lipinski definition) is 1. The lowest BCUT2D eigenvalue weighted by Gasteiger charge is -2.28. The van der Waals surface area contributed by atoms with Crippen LogP contribution >= 0.6 is 11.6 Å². The molecular formula is C30H31ClFNO8. The first kappa shape index (κ1) is 31.3. The number of aliphatic hydroxyl groups excluding tert-OH is 1. The van der Waals surface area contributed by atoms with Gasteiger partial charge in [-0.2, -0.15) is 0 Å². The number of anilines is 1. The van der Waals surface area contributed by atoms with Crippen molar-refractivity contribution in [3.8, 4) is 23.0 Å². The van der Waals surface area contributed by atoms with Gasteiger partial charge in [0.25, 0.3) is 5.91 Å². The van der Waals surface area contributed by atoms with E-state index in [2.05, 4.69) is 0 Å². The third-order valence-electron chi connectivity index (χ3n) is 6.12. The van der Waals surface area contributed by atoms with Gasteiger partial charge in [-0.05, 0) is 37.3 Å². The Kier molecular flexibility index (Phi) is 11.0. The molecule has 0 aliphatic heterocycles. The Bertz CT molecular complexity index is 1430. The van der Waals surface area contributed by atoms with E-state index in [-0.39, 0.29) is 40.7 Å². The van der Waals surface area contributed by atoms with Crippen molar-refractivity contribution in [2.75, 3.05) is 39.9 Å². The van der Waals surface area contributed by atoms with Crippen molar-refractivity contribution in [1.82, 2.24) is 0 Å². The van der Waals surface area contributed by atoms with Gasteiger partial charge >= 0.3 is 5.97 Å². The molecule has 3 aromatic rings. The summed E-state index contributed by atoms with van der Waals surface area (Å²) >= 11 is 6.16. The molecule has 0 saturated heterocycles. The molecule has 11 heteroatoms. The summed E-state index contributed by atoms with van der Waals surface area (Å²) in [5.41, 5.74) is 0.891. The Morgan fingerprint density at radius 1 is 0.951 bits per heavy atom. The van der Waals surface area contributed by atoms with E-state index in [0.29, 0.717) is 22.8 Å². The van der Waals surface area contributed by atoms with Gasteiger partial charge in [0.1, 0.15) is 23.4 Å². The lowest BCUT2D eigenvalue weighted by atomic mass is 9.97. The maximum absolute atomic E-state index is 15.0. The van der Waals surface area contributed by atoms with Crippen molar-refractivity contribution in [1.29, 1.82) is 0 Å². The third-order valence-corrected chi connectivity index (χ3v) is 6.41. The fourth-order valence-corrected chi connectivity index (χ4v) is 4.33. The Morgan fingerprint density at radius 2 is 1.68 bits per heavy atom. The number of hydrogen-bond acceptors (Lipinski definition) is 8. The molecule has 1 amide bonds. The number of carbonyl (C=O) groups excluding carboxylic acids is 2. The Morgan fingerprint density at radius 3 is 2.32 bits per heavy atom. The van der Waals surface area contributed by atoms with E-state index in [1.54, 1.807) is 43.3 Å². The second-order valence-corrected chi connectivity index (χ2v) is 8.91. The van der Waals surface area contributed by atoms with Gasteiger partial charge in [-0.3, -0.25) is 4.79 Å². The van der Waals surface area contributed by atoms with Crippen LogP contribution < -0.4 is 23.8 Å². The summed E-state index contributed by atoms with van der Waals surface area (Å²) in [6.45, 7) is 1.60. The molecule has 3 aromatic carbocycles. The summed E-state index contributed by atoms with van der Waals surface area (Å²) in [6.07, 6.45) is 0.538. The number of carbonyl (C=O) groups is 2. The van der Waals surface area contributed by atoms with Gasteiger partial charge in [-0.15, -0.1) is 0 Å². The van der Waals surface area contributed by atoms with Gasteiger partial charge in [0.2, 0.25) is 0 Å². The molecule has 1 atom stereocenters. The smallest absolute Gasteiger partial charge is 0.330 e. The fourth-order valence-electron chi connectivity index (χ4n) is 4.15. The first-order valence-electron chi connectivity index (χ1n) is 12.4. The van der Waals surface area contributed by atoms with Crippen molar-refractivity contribution >= 4 is 29.2 Å². The third kappa shape index (κ3) is 7.27. The maximum atomic E-state index is 15.0. The molecule has 0 radical (unpaired) electrons. The number of halogens is 2. The Labute approximate surface area is 242 Å². The highest BCUT2D eigenvalue weighted by Gasteiger charge is 2.28. The summed E-state index contributed by atoms with van der Waals surface area (Å²) in [7, 11) is 5.82. The molecule has 0 spiro atoms. The van der Waals surface area contributed by atoms with Crippen molar-refractivity contribution in [3.05, 3.63) is 88.2 Å². The van der Waals surface area contributed by atoms with Gasteiger partial charge in [-0.25, -0.2) is 9.18 Å². The predicted octanol–water partition coefficient (Wildman–Crippen LogP) is 5.25. The zero-order chi connectivity index (χ0) is 30.1. The first-order chi connectivity index (χ1) is 19.7. The minimum absolute atomic E-state index is 0.0133. The van der Waals surface area contributed by atoms with E-state index in [1.165, 1.54) is 39.4 Å². The van der Waals surface area contributed by atoms with Crippen LogP contribution in [0.2, 0.25) is 5.02 Å². The number of nitrogens with zero attached hydrogens (tertiary/aromatic N) is 1. The van der Waals surface area contributed by atoms with Gasteiger partial charge < -0.3 is 33.7 Å². The van der Waals surface area contributed by atoms with Crippen LogP contribution in [0.4, 0.5) is 10.1 Å². The topological polar surface area (TPSA) is 104 Å². The van der Waals surface area contributed by atoms with Gasteiger partial charge in [-0.1, -0.05) is 23.7 Å². The monoisotopic (exact) mass is 587 g/mol. The normalized spacial score (nSPS) is 11.6. The number of amides is 1. The molecule has 9 nitrogen and oxygen atoms in total. The molecule has 41 heavy (non-hydrogen) atoms. The Hall–Kier alpha value is -4.28. The average molecular weight is 588 g/mol. The quantitative estimate of drug-likeness (QED) is 0.226. The molecule has 0 aliphatic carbocycles. The summed E-state index contributed by atoms with van der Waals surface area (Å²) in [4.78, 5) is 26.7. The number of rotatable bonds is 12. The van der Waals surface area contributed by atoms with Crippen molar-refractivity contribution in [2.45, 2.75) is 19.6 Å². The number of esters is 1. The molecular weight excluding hydrogens is 557 g/mol. The highest BCUT2D eigenvalue weighted by atomic mass is 35.5. The minimum atomic E-state index is -1.43. The van der Waals surface area contributed by atoms with E-state index in [4.69, 9.17) is 35.3 Å². The summed E-state index contributed by atoms with van der Waals surface area (Å²) < 4.78 is 41.5. The van der Waals surface area contributed by atoms with E-state index in [1.807, 2.05) is 0 Å². The lowest BCUT2D eigenvalue weighted by molar-refractivity contribution is -0.137. The van der Waals surface area contributed by atoms with Crippen molar-refractivity contribution in [3.63, 3.8) is 0 Å². The predicted molar refractivity (Wildman–Crippen MR) is 152 cm³/mol. The van der Waals surface area contributed by atoms with Crippen LogP contribution in [0, 0.1) is 5.82 Å². The highest BCUT2D eigenvalue weighted by molar-refractivity contribution is 6.31. The summed E-state index contributed by atoms with van der Waals surface area (Å²) in [5, 5.41) is 11.3. The second kappa shape index (κ2) is 14.4. The van der Waals surface area contributed by atoms with Crippen LogP contribution in [0.1, 0.15) is 29.7 Å². The number of ether oxygens (including phenoxy) is 5. The van der Waals surface area contributed by atoms with Gasteiger partial charge in [0.15, 0.2) is 11.5 Å². The number of para-hydroxylation sites is 1. The zero-order valence-corrected chi connectivity index (χ0v) is 24.0. The molecule has 0 aliphatic rings. The summed E-state index contributed by atoms with van der Waals surface area (Å²) in [6, 6.07) is 12.2. The fraction of sp³-hybridized carbons (Fsp3) is 0.267. The molecule has 0 saturated carbocycles. The summed E-state index contributed by atoms with van der Waals surface area (Å²) in [5.74, 6) is -0.760. The molecule has 3 rings (SSSR count). The van der Waals surface area contributed by atoms with Gasteiger partial charge in [0.05, 0.1) is 52.3 Å². The highest BCUT2D eigenvalue weighted by Crippen LogP contribution is 2.42.